The van der Waals surface area contributed by atoms with Crippen LogP contribution in [0.25, 0.3) is 0 Å². The number of alkyl halides is 2. The molecule has 0 heterocycles. The minimum Gasteiger partial charge on any atom is -0.493 e. The average Bonchev–Trinajstić information content (AvgIpc) is 2.37. The Labute approximate surface area is 104 Å². The summed E-state index contributed by atoms with van der Waals surface area (Å²) < 4.78 is 35.8. The third kappa shape index (κ3) is 2.95. The highest BCUT2D eigenvalue weighted by atomic mass is 19.3. The Bertz CT molecular complexity index is 436. The van der Waals surface area contributed by atoms with Crippen molar-refractivity contribution in [2.45, 2.75) is 6.43 Å². The first-order chi connectivity index (χ1) is 8.54. The van der Waals surface area contributed by atoms with Crippen molar-refractivity contribution in [1.82, 2.24) is 5.32 Å². The van der Waals surface area contributed by atoms with Gasteiger partial charge in [0.2, 0.25) is 0 Å². The van der Waals surface area contributed by atoms with Crippen molar-refractivity contribution in [2.24, 2.45) is 0 Å². The summed E-state index contributed by atoms with van der Waals surface area (Å²) in [6.07, 6.45) is -2.75. The van der Waals surface area contributed by atoms with Crippen LogP contribution < -0.4 is 14.8 Å². The van der Waals surface area contributed by atoms with Gasteiger partial charge in [-0.3, -0.25) is 4.79 Å². The molecule has 0 radical (unpaired) electrons. The zero-order valence-electron chi connectivity index (χ0n) is 10.4. The molecule has 0 aromatic heterocycles. The first-order valence-corrected chi connectivity index (χ1v) is 5.27. The highest BCUT2D eigenvalue weighted by Crippen LogP contribution is 2.35. The molecule has 4 nitrogen and oxygen atoms in total. The summed E-state index contributed by atoms with van der Waals surface area (Å²) in [7, 11) is 4.30. The fraction of sp³-hybridized carbons (Fsp3) is 0.417. The van der Waals surface area contributed by atoms with Crippen LogP contribution in [0.15, 0.2) is 12.1 Å². The number of carbonyl (C=O) groups is 1. The largest absolute Gasteiger partial charge is 0.493 e. The third-order valence-corrected chi connectivity index (χ3v) is 2.43. The standard InChI is InChI=1S/C12H15F2NO3/c1-15-6-9(16)7-4-10(17-2)11(18-3)5-8(7)12(13)14/h4-5,12,15H,6H2,1-3H3. The van der Waals surface area contributed by atoms with E-state index in [4.69, 9.17) is 9.47 Å². The number of Topliss-reactive ketones (excluding diaryl/α,β-unsaturated/α-hetero) is 1. The molecule has 0 unspecified atom stereocenters. The Kier molecular flexibility index (Phi) is 5.03. The van der Waals surface area contributed by atoms with Gasteiger partial charge in [0, 0.05) is 11.1 Å². The van der Waals surface area contributed by atoms with E-state index in [0.29, 0.717) is 0 Å². The van der Waals surface area contributed by atoms with Gasteiger partial charge in [-0.1, -0.05) is 0 Å². The van der Waals surface area contributed by atoms with Gasteiger partial charge < -0.3 is 14.8 Å². The zero-order valence-corrected chi connectivity index (χ0v) is 10.4. The molecule has 0 amide bonds. The number of rotatable bonds is 6. The molecule has 0 spiro atoms. The van der Waals surface area contributed by atoms with Crippen LogP contribution in [0.3, 0.4) is 0 Å². The first kappa shape index (κ1) is 14.4. The summed E-state index contributed by atoms with van der Waals surface area (Å²) in [5.74, 6) is 0.00362. The maximum atomic E-state index is 12.9. The van der Waals surface area contributed by atoms with Gasteiger partial charge in [-0.15, -0.1) is 0 Å². The summed E-state index contributed by atoms with van der Waals surface area (Å²) >= 11 is 0. The minimum atomic E-state index is -2.75. The molecule has 1 rings (SSSR count). The maximum Gasteiger partial charge on any atom is 0.264 e. The van der Waals surface area contributed by atoms with E-state index in [1.807, 2.05) is 0 Å². The Hall–Kier alpha value is -1.69. The Morgan fingerprint density at radius 3 is 2.28 bits per heavy atom. The van der Waals surface area contributed by atoms with Crippen LogP contribution in [0, 0.1) is 0 Å². The Morgan fingerprint density at radius 1 is 1.28 bits per heavy atom. The number of halogens is 2. The summed E-state index contributed by atoms with van der Waals surface area (Å²) in [4.78, 5) is 11.7. The van der Waals surface area contributed by atoms with Crippen LogP contribution in [0.2, 0.25) is 0 Å². The molecule has 1 N–H and O–H groups in total. The first-order valence-electron chi connectivity index (χ1n) is 5.27. The van der Waals surface area contributed by atoms with E-state index >= 15 is 0 Å². The van der Waals surface area contributed by atoms with E-state index < -0.39 is 12.2 Å². The monoisotopic (exact) mass is 259 g/mol. The van der Waals surface area contributed by atoms with E-state index in [1.165, 1.54) is 20.3 Å². The molecule has 1 aromatic rings. The van der Waals surface area contributed by atoms with Gasteiger partial charge in [0.25, 0.3) is 6.43 Å². The number of nitrogens with one attached hydrogen (secondary N) is 1. The summed E-state index contributed by atoms with van der Waals surface area (Å²) in [6.45, 7) is -0.0186. The van der Waals surface area contributed by atoms with Crippen LogP contribution >= 0.6 is 0 Å². The van der Waals surface area contributed by atoms with Crippen molar-refractivity contribution in [2.75, 3.05) is 27.8 Å². The molecule has 18 heavy (non-hydrogen) atoms. The molecule has 100 valence electrons. The molecule has 1 aromatic carbocycles. The van der Waals surface area contributed by atoms with Crippen LogP contribution in [0.4, 0.5) is 8.78 Å². The summed E-state index contributed by atoms with van der Waals surface area (Å²) in [6, 6.07) is 2.41. The molecular formula is C12H15F2NO3. The average molecular weight is 259 g/mol. The number of benzene rings is 1. The minimum absolute atomic E-state index is 0.0186. The molecule has 0 fully saturated rings. The molecule has 0 aliphatic heterocycles. The molecule has 0 atom stereocenters. The van der Waals surface area contributed by atoms with E-state index in [2.05, 4.69) is 5.32 Å². The van der Waals surface area contributed by atoms with E-state index in [-0.39, 0.29) is 29.2 Å². The highest BCUT2D eigenvalue weighted by Gasteiger charge is 2.21. The van der Waals surface area contributed by atoms with Crippen molar-refractivity contribution < 1.29 is 23.0 Å². The van der Waals surface area contributed by atoms with Gasteiger partial charge in [0.05, 0.1) is 20.8 Å². The lowest BCUT2D eigenvalue weighted by Crippen LogP contribution is -2.20. The van der Waals surface area contributed by atoms with Gasteiger partial charge in [-0.05, 0) is 19.2 Å². The number of methoxy groups -OCH3 is 2. The number of carbonyl (C=O) groups excluding carboxylic acids is 1. The number of likely N-dealkylation sites (N-methyl/N-ethyl adjacent to an activating group) is 1. The van der Waals surface area contributed by atoms with Gasteiger partial charge >= 0.3 is 0 Å². The predicted octanol–water partition coefficient (Wildman–Crippen LogP) is 2.04. The SMILES string of the molecule is CNCC(=O)c1cc(OC)c(OC)cc1C(F)F. The number of hydrogen-bond acceptors (Lipinski definition) is 4. The molecule has 0 aliphatic carbocycles. The van der Waals surface area contributed by atoms with Gasteiger partial charge in [0.15, 0.2) is 17.3 Å². The molecule has 0 saturated carbocycles. The highest BCUT2D eigenvalue weighted by molar-refractivity contribution is 5.99. The second-order valence-corrected chi connectivity index (χ2v) is 3.55. The van der Waals surface area contributed by atoms with E-state index in [1.54, 1.807) is 7.05 Å². The second kappa shape index (κ2) is 6.30. The van der Waals surface area contributed by atoms with Crippen molar-refractivity contribution in [3.8, 4) is 11.5 Å². The van der Waals surface area contributed by atoms with Crippen molar-refractivity contribution >= 4 is 5.78 Å². The normalized spacial score (nSPS) is 10.6. The van der Waals surface area contributed by atoms with Crippen molar-refractivity contribution in [3.05, 3.63) is 23.3 Å². The van der Waals surface area contributed by atoms with Crippen LogP contribution in [-0.4, -0.2) is 33.6 Å². The smallest absolute Gasteiger partial charge is 0.264 e. The lowest BCUT2D eigenvalue weighted by molar-refractivity contribution is 0.0979. The molecule has 0 aliphatic rings. The molecule has 6 heteroatoms. The predicted molar refractivity (Wildman–Crippen MR) is 62.8 cm³/mol. The third-order valence-electron chi connectivity index (χ3n) is 2.43. The summed E-state index contributed by atoms with van der Waals surface area (Å²) in [5.41, 5.74) is -0.412. The Balaban J connectivity index is 3.33. The topological polar surface area (TPSA) is 47.6 Å². The fourth-order valence-corrected chi connectivity index (χ4v) is 1.57. The second-order valence-electron chi connectivity index (χ2n) is 3.55. The van der Waals surface area contributed by atoms with Crippen LogP contribution in [0.5, 0.6) is 11.5 Å². The van der Waals surface area contributed by atoms with Crippen molar-refractivity contribution in [1.29, 1.82) is 0 Å². The molecular weight excluding hydrogens is 244 g/mol. The van der Waals surface area contributed by atoms with Gasteiger partial charge in [-0.25, -0.2) is 8.78 Å². The lowest BCUT2D eigenvalue weighted by atomic mass is 10.0. The number of ether oxygens (including phenoxy) is 2. The van der Waals surface area contributed by atoms with Crippen LogP contribution in [0.1, 0.15) is 22.3 Å². The number of hydrogen-bond donors (Lipinski definition) is 1. The Morgan fingerprint density at radius 2 is 1.83 bits per heavy atom. The fourth-order valence-electron chi connectivity index (χ4n) is 1.57. The summed E-state index contributed by atoms with van der Waals surface area (Å²) in [5, 5.41) is 2.63. The molecule has 0 saturated heterocycles. The maximum absolute atomic E-state index is 12.9. The van der Waals surface area contributed by atoms with E-state index in [0.717, 1.165) is 6.07 Å². The van der Waals surface area contributed by atoms with Gasteiger partial charge in [-0.2, -0.15) is 0 Å². The number of ketones is 1. The lowest BCUT2D eigenvalue weighted by Gasteiger charge is -2.13. The molecule has 0 bridgehead atoms. The van der Waals surface area contributed by atoms with Crippen molar-refractivity contribution in [3.63, 3.8) is 0 Å². The van der Waals surface area contributed by atoms with E-state index in [9.17, 15) is 13.6 Å². The van der Waals surface area contributed by atoms with Gasteiger partial charge in [0.1, 0.15) is 0 Å². The quantitative estimate of drug-likeness (QED) is 0.794. The van der Waals surface area contributed by atoms with Crippen LogP contribution in [-0.2, 0) is 0 Å². The zero-order chi connectivity index (χ0) is 13.7.